The Balaban J connectivity index is 2.32. The normalized spacial score (nSPS) is 19.3. The van der Waals surface area contributed by atoms with Gasteiger partial charge < -0.3 is 10.2 Å². The maximum atomic E-state index is 13.0. The van der Waals surface area contributed by atoms with E-state index in [2.05, 4.69) is 13.8 Å². The molecule has 2 N–H and O–H groups in total. The first-order valence-corrected chi connectivity index (χ1v) is 22.0. The number of carbonyl (C=O) groups is 2. The molecular weight excluding hydrogens is 604 g/mol. The molecule has 1 rings (SSSR count). The smallest absolute Gasteiger partial charge is 0.311 e. The standard InChI is InChI=1S/C45H84O4/c1-4-6-8-10-12-14-16-18-20-22-24-26-28-30-32-34-37-44(42(46)47)39-36-41(3)40-45(44,43(48)49)38-35-33-31-29-27-25-23-21-19-17-15-13-11-9-7-5-2/h36H,4-35,37-40H2,1-3H3,(H,46,47)(H,48,49). The molecule has 288 valence electrons. The van der Waals surface area contributed by atoms with Crippen molar-refractivity contribution in [3.8, 4) is 0 Å². The minimum absolute atomic E-state index is 0.359. The summed E-state index contributed by atoms with van der Waals surface area (Å²) in [5.74, 6) is -1.78. The van der Waals surface area contributed by atoms with E-state index in [0.29, 0.717) is 25.7 Å². The molecule has 0 spiro atoms. The maximum absolute atomic E-state index is 13.0. The zero-order valence-electron chi connectivity index (χ0n) is 33.2. The molecule has 0 radical (unpaired) electrons. The van der Waals surface area contributed by atoms with Gasteiger partial charge in [0, 0.05) is 0 Å². The van der Waals surface area contributed by atoms with Crippen LogP contribution in [-0.2, 0) is 9.59 Å². The lowest BCUT2D eigenvalue weighted by atomic mass is 9.52. The molecule has 0 aromatic carbocycles. The third-order valence-corrected chi connectivity index (χ3v) is 12.0. The molecule has 4 nitrogen and oxygen atoms in total. The number of aliphatic carboxylic acids is 2. The van der Waals surface area contributed by atoms with Crippen LogP contribution in [0.1, 0.15) is 252 Å². The second kappa shape index (κ2) is 30.3. The fourth-order valence-corrected chi connectivity index (χ4v) is 8.67. The summed E-state index contributed by atoms with van der Waals surface area (Å²) in [6, 6.07) is 0. The Morgan fingerprint density at radius 3 is 0.959 bits per heavy atom. The molecule has 49 heavy (non-hydrogen) atoms. The molecule has 0 heterocycles. The summed E-state index contributed by atoms with van der Waals surface area (Å²) in [4.78, 5) is 26.0. The van der Waals surface area contributed by atoms with Crippen LogP contribution in [0.5, 0.6) is 0 Å². The lowest BCUT2D eigenvalue weighted by Gasteiger charge is -2.48. The van der Waals surface area contributed by atoms with Gasteiger partial charge in [0.2, 0.25) is 0 Å². The quantitative estimate of drug-likeness (QED) is 0.0507. The lowest BCUT2D eigenvalue weighted by Crippen LogP contribution is -2.54. The van der Waals surface area contributed by atoms with E-state index in [-0.39, 0.29) is 0 Å². The van der Waals surface area contributed by atoms with Gasteiger partial charge in [0.25, 0.3) is 0 Å². The Hall–Kier alpha value is -1.32. The van der Waals surface area contributed by atoms with Crippen LogP contribution in [0.2, 0.25) is 0 Å². The Labute approximate surface area is 305 Å². The van der Waals surface area contributed by atoms with E-state index >= 15 is 0 Å². The third kappa shape index (κ3) is 19.8. The second-order valence-corrected chi connectivity index (χ2v) is 16.3. The van der Waals surface area contributed by atoms with Crippen molar-refractivity contribution >= 4 is 11.9 Å². The van der Waals surface area contributed by atoms with E-state index in [9.17, 15) is 19.8 Å². The number of unbranched alkanes of at least 4 members (excludes halogenated alkanes) is 30. The van der Waals surface area contributed by atoms with Gasteiger partial charge in [-0.15, -0.1) is 0 Å². The Morgan fingerprint density at radius 1 is 0.449 bits per heavy atom. The van der Waals surface area contributed by atoms with Gasteiger partial charge in [0.1, 0.15) is 0 Å². The van der Waals surface area contributed by atoms with Crippen molar-refractivity contribution in [2.24, 2.45) is 10.8 Å². The topological polar surface area (TPSA) is 74.6 Å². The van der Waals surface area contributed by atoms with Crippen molar-refractivity contribution in [1.29, 1.82) is 0 Å². The number of carboxylic acids is 2. The first kappa shape index (κ1) is 45.7. The molecule has 0 bridgehead atoms. The van der Waals surface area contributed by atoms with Crippen LogP contribution in [0.3, 0.4) is 0 Å². The van der Waals surface area contributed by atoms with Crippen molar-refractivity contribution < 1.29 is 19.8 Å². The minimum Gasteiger partial charge on any atom is -0.481 e. The zero-order chi connectivity index (χ0) is 35.9. The molecule has 1 aliphatic rings. The Bertz CT molecular complexity index is 834. The first-order valence-electron chi connectivity index (χ1n) is 22.0. The van der Waals surface area contributed by atoms with Crippen molar-refractivity contribution in [3.05, 3.63) is 11.6 Å². The highest BCUT2D eigenvalue weighted by Crippen LogP contribution is 2.56. The van der Waals surface area contributed by atoms with E-state index in [1.54, 1.807) is 0 Å². The van der Waals surface area contributed by atoms with Crippen LogP contribution in [-0.4, -0.2) is 22.2 Å². The number of hydrogen-bond donors (Lipinski definition) is 2. The Morgan fingerprint density at radius 2 is 0.694 bits per heavy atom. The van der Waals surface area contributed by atoms with Gasteiger partial charge >= 0.3 is 11.9 Å². The van der Waals surface area contributed by atoms with Gasteiger partial charge in [-0.25, -0.2) is 0 Å². The van der Waals surface area contributed by atoms with Gasteiger partial charge in [-0.05, 0) is 32.6 Å². The molecule has 0 aromatic rings. The van der Waals surface area contributed by atoms with Crippen LogP contribution in [0, 0.1) is 10.8 Å². The summed E-state index contributed by atoms with van der Waals surface area (Å²) >= 11 is 0. The monoisotopic (exact) mass is 689 g/mol. The fraction of sp³-hybridized carbons (Fsp3) is 0.911. The van der Waals surface area contributed by atoms with Crippen molar-refractivity contribution in [1.82, 2.24) is 0 Å². The summed E-state index contributed by atoms with van der Waals surface area (Å²) in [6.45, 7) is 6.54. The number of carboxylic acid groups (broad SMARTS) is 2. The predicted molar refractivity (Wildman–Crippen MR) is 211 cm³/mol. The van der Waals surface area contributed by atoms with Crippen molar-refractivity contribution in [2.45, 2.75) is 252 Å². The average Bonchev–Trinajstić information content (AvgIpc) is 3.08. The molecule has 0 amide bonds. The van der Waals surface area contributed by atoms with E-state index in [1.807, 2.05) is 13.0 Å². The molecule has 0 saturated heterocycles. The van der Waals surface area contributed by atoms with Crippen molar-refractivity contribution in [2.75, 3.05) is 0 Å². The van der Waals surface area contributed by atoms with Crippen LogP contribution in [0.25, 0.3) is 0 Å². The van der Waals surface area contributed by atoms with Crippen LogP contribution >= 0.6 is 0 Å². The summed E-state index contributed by atoms with van der Waals surface area (Å²) in [7, 11) is 0. The fourth-order valence-electron chi connectivity index (χ4n) is 8.67. The molecule has 0 saturated carbocycles. The van der Waals surface area contributed by atoms with E-state index in [1.165, 1.54) is 167 Å². The van der Waals surface area contributed by atoms with Crippen LogP contribution < -0.4 is 0 Å². The second-order valence-electron chi connectivity index (χ2n) is 16.3. The minimum atomic E-state index is -1.19. The number of hydrogen-bond acceptors (Lipinski definition) is 2. The molecule has 0 fully saturated rings. The highest BCUT2D eigenvalue weighted by Gasteiger charge is 2.61. The van der Waals surface area contributed by atoms with Gasteiger partial charge in [-0.3, -0.25) is 9.59 Å². The molecule has 2 unspecified atom stereocenters. The van der Waals surface area contributed by atoms with E-state index in [4.69, 9.17) is 0 Å². The maximum Gasteiger partial charge on any atom is 0.311 e. The molecule has 1 aliphatic carbocycles. The zero-order valence-corrected chi connectivity index (χ0v) is 33.2. The van der Waals surface area contributed by atoms with Crippen LogP contribution in [0.4, 0.5) is 0 Å². The highest BCUT2D eigenvalue weighted by molar-refractivity contribution is 5.87. The predicted octanol–water partition coefficient (Wildman–Crippen LogP) is 15.2. The first-order chi connectivity index (χ1) is 23.9. The van der Waals surface area contributed by atoms with E-state index in [0.717, 1.165) is 44.1 Å². The molecule has 2 atom stereocenters. The average molecular weight is 689 g/mol. The van der Waals surface area contributed by atoms with Gasteiger partial charge in [0.15, 0.2) is 0 Å². The largest absolute Gasteiger partial charge is 0.481 e. The summed E-state index contributed by atoms with van der Waals surface area (Å²) in [5.41, 5.74) is -1.34. The molecular formula is C45H84O4. The van der Waals surface area contributed by atoms with Gasteiger partial charge in [-0.2, -0.15) is 0 Å². The van der Waals surface area contributed by atoms with Gasteiger partial charge in [0.05, 0.1) is 10.8 Å². The molecule has 4 heteroatoms. The highest BCUT2D eigenvalue weighted by atomic mass is 16.4. The number of rotatable bonds is 36. The lowest BCUT2D eigenvalue weighted by molar-refractivity contribution is -0.177. The summed E-state index contributed by atoms with van der Waals surface area (Å²) < 4.78 is 0. The summed E-state index contributed by atoms with van der Waals surface area (Å²) in [6.07, 6.45) is 44.8. The molecule has 0 aromatic heterocycles. The van der Waals surface area contributed by atoms with Gasteiger partial charge in [-0.1, -0.05) is 231 Å². The van der Waals surface area contributed by atoms with E-state index < -0.39 is 22.8 Å². The summed E-state index contributed by atoms with van der Waals surface area (Å²) in [5, 5.41) is 21.3. The molecule has 0 aliphatic heterocycles. The number of allylic oxidation sites excluding steroid dienone is 2. The SMILES string of the molecule is CCCCCCCCCCCCCCCCCCC1(C(=O)O)CC=C(C)CC1(CCCCCCCCCCCCCCCCCC)C(=O)O. The Kier molecular flexibility index (Phi) is 28.3. The van der Waals surface area contributed by atoms with Crippen LogP contribution in [0.15, 0.2) is 11.6 Å². The van der Waals surface area contributed by atoms with Crippen molar-refractivity contribution in [3.63, 3.8) is 0 Å². The third-order valence-electron chi connectivity index (χ3n) is 12.0.